The Morgan fingerprint density at radius 2 is 1.97 bits per heavy atom. The number of nitrogens with one attached hydrogen (secondary N) is 1. The fourth-order valence-corrected chi connectivity index (χ4v) is 4.89. The van der Waals surface area contributed by atoms with E-state index < -0.39 is 35.1 Å². The van der Waals surface area contributed by atoms with Crippen LogP contribution in [-0.4, -0.2) is 69.8 Å². The van der Waals surface area contributed by atoms with Crippen molar-refractivity contribution in [3.8, 4) is 0 Å². The van der Waals surface area contributed by atoms with Gasteiger partial charge in [-0.3, -0.25) is 19.9 Å². The van der Waals surface area contributed by atoms with E-state index in [0.29, 0.717) is 17.7 Å². The Morgan fingerprint density at radius 1 is 1.29 bits per heavy atom. The van der Waals surface area contributed by atoms with Gasteiger partial charge in [-0.2, -0.15) is 0 Å². The number of hydrogen-bond acceptors (Lipinski definition) is 6. The maximum absolute atomic E-state index is 13.8. The lowest BCUT2D eigenvalue weighted by Gasteiger charge is -2.46. The standard InChI is InChI=1S/C25H33N3O6/c1-5-34-20(15-18(16-29)17-9-7-6-8-10-17)26-19-11-12-21(30)27-14-13-25(23(32)33,24(2,3)4)28(27)22(19)31/h6-10,19-20,26H,5,11-15H2,1-4H3,(H,32,33)/t19-,20-,25+/m0/s1. The van der Waals surface area contributed by atoms with Gasteiger partial charge in [-0.15, -0.1) is 0 Å². The molecule has 0 aromatic heterocycles. The molecular formula is C25H33N3O6. The largest absolute Gasteiger partial charge is 0.479 e. The molecule has 3 atom stereocenters. The lowest BCUT2D eigenvalue weighted by Crippen LogP contribution is -2.66. The molecule has 2 N–H and O–H groups in total. The first-order valence-corrected chi connectivity index (χ1v) is 11.6. The predicted octanol–water partition coefficient (Wildman–Crippen LogP) is 2.25. The predicted molar refractivity (Wildman–Crippen MR) is 125 cm³/mol. The Labute approximate surface area is 199 Å². The van der Waals surface area contributed by atoms with Gasteiger partial charge in [0, 0.05) is 38.0 Å². The molecule has 184 valence electrons. The van der Waals surface area contributed by atoms with Crippen molar-refractivity contribution in [2.45, 2.75) is 71.2 Å². The van der Waals surface area contributed by atoms with Gasteiger partial charge < -0.3 is 9.84 Å². The van der Waals surface area contributed by atoms with Crippen LogP contribution in [0.2, 0.25) is 0 Å². The van der Waals surface area contributed by atoms with Crippen LogP contribution in [0, 0.1) is 5.41 Å². The number of carbonyl (C=O) groups is 3. The molecule has 34 heavy (non-hydrogen) atoms. The van der Waals surface area contributed by atoms with E-state index in [2.05, 4.69) is 5.32 Å². The fraction of sp³-hybridized carbons (Fsp3) is 0.560. The number of carboxylic acid groups (broad SMARTS) is 1. The summed E-state index contributed by atoms with van der Waals surface area (Å²) in [5.74, 6) is 0.0670. The van der Waals surface area contributed by atoms with Crippen LogP contribution >= 0.6 is 0 Å². The van der Waals surface area contributed by atoms with Gasteiger partial charge in [-0.05, 0) is 24.3 Å². The van der Waals surface area contributed by atoms with E-state index in [1.54, 1.807) is 39.8 Å². The summed E-state index contributed by atoms with van der Waals surface area (Å²) in [4.78, 5) is 50.9. The van der Waals surface area contributed by atoms with Crippen molar-refractivity contribution in [2.75, 3.05) is 13.2 Å². The molecule has 9 heteroatoms. The van der Waals surface area contributed by atoms with E-state index in [4.69, 9.17) is 4.74 Å². The number of amides is 2. The highest BCUT2D eigenvalue weighted by Crippen LogP contribution is 2.45. The zero-order valence-electron chi connectivity index (χ0n) is 20.2. The van der Waals surface area contributed by atoms with Gasteiger partial charge in [-0.25, -0.2) is 14.6 Å². The van der Waals surface area contributed by atoms with Crippen LogP contribution in [0.4, 0.5) is 0 Å². The minimum atomic E-state index is -1.55. The second-order valence-electron chi connectivity index (χ2n) is 9.69. The molecule has 2 aliphatic rings. The number of hydrazine groups is 1. The molecule has 0 saturated carbocycles. The summed E-state index contributed by atoms with van der Waals surface area (Å²) in [6.45, 7) is 7.59. The van der Waals surface area contributed by atoms with Crippen molar-refractivity contribution in [1.29, 1.82) is 0 Å². The number of benzene rings is 1. The van der Waals surface area contributed by atoms with Gasteiger partial charge in [0.2, 0.25) is 5.91 Å². The van der Waals surface area contributed by atoms with E-state index in [1.807, 2.05) is 24.1 Å². The number of ether oxygens (including phenoxy) is 1. The van der Waals surface area contributed by atoms with Crippen molar-refractivity contribution in [3.05, 3.63) is 35.9 Å². The van der Waals surface area contributed by atoms with Crippen molar-refractivity contribution < 1.29 is 29.0 Å². The Bertz CT molecular complexity index is 982. The SMILES string of the molecule is CCO[C@@H](CC(=C=O)c1ccccc1)N[C@H]1CCC(=O)N2CC[C@@](C(=O)O)(C(C)(C)C)N2C1=O. The van der Waals surface area contributed by atoms with Gasteiger partial charge in [0.1, 0.15) is 12.2 Å². The summed E-state index contributed by atoms with van der Waals surface area (Å²) < 4.78 is 5.80. The molecule has 0 spiro atoms. The number of hydrogen-bond donors (Lipinski definition) is 2. The van der Waals surface area contributed by atoms with Crippen molar-refractivity contribution in [3.63, 3.8) is 0 Å². The molecule has 2 saturated heterocycles. The smallest absolute Gasteiger partial charge is 0.332 e. The lowest BCUT2D eigenvalue weighted by molar-refractivity contribution is -0.185. The minimum Gasteiger partial charge on any atom is -0.479 e. The molecule has 3 rings (SSSR count). The zero-order chi connectivity index (χ0) is 25.1. The molecule has 2 amide bonds. The average molecular weight is 472 g/mol. The third-order valence-electron chi connectivity index (χ3n) is 6.71. The van der Waals surface area contributed by atoms with E-state index in [1.165, 1.54) is 10.0 Å². The van der Waals surface area contributed by atoms with Gasteiger partial charge in [0.25, 0.3) is 5.91 Å². The van der Waals surface area contributed by atoms with Crippen LogP contribution < -0.4 is 5.32 Å². The van der Waals surface area contributed by atoms with E-state index >= 15 is 0 Å². The maximum atomic E-state index is 13.8. The van der Waals surface area contributed by atoms with Crippen LogP contribution in [0.5, 0.6) is 0 Å². The van der Waals surface area contributed by atoms with Gasteiger partial charge in [-0.1, -0.05) is 51.1 Å². The summed E-state index contributed by atoms with van der Waals surface area (Å²) >= 11 is 0. The van der Waals surface area contributed by atoms with E-state index in [-0.39, 0.29) is 38.1 Å². The highest BCUT2D eigenvalue weighted by Gasteiger charge is 2.63. The molecule has 1 aromatic rings. The molecule has 2 fully saturated rings. The number of fused-ring (bicyclic) bond motifs is 1. The normalized spacial score (nSPS) is 23.8. The third-order valence-corrected chi connectivity index (χ3v) is 6.71. The van der Waals surface area contributed by atoms with Gasteiger partial charge in [0.15, 0.2) is 5.54 Å². The van der Waals surface area contributed by atoms with Crippen LogP contribution in [0.15, 0.2) is 30.3 Å². The average Bonchev–Trinajstić information content (AvgIpc) is 3.17. The number of nitrogens with zero attached hydrogens (tertiary/aromatic N) is 2. The highest BCUT2D eigenvalue weighted by atomic mass is 16.5. The molecular weight excluding hydrogens is 438 g/mol. The first-order valence-electron chi connectivity index (χ1n) is 11.6. The van der Waals surface area contributed by atoms with E-state index in [0.717, 1.165) is 0 Å². The van der Waals surface area contributed by atoms with Crippen LogP contribution in [0.25, 0.3) is 5.57 Å². The molecule has 0 radical (unpaired) electrons. The number of aliphatic carboxylic acids is 1. The van der Waals surface area contributed by atoms with Crippen LogP contribution in [-0.2, 0) is 23.9 Å². The molecule has 2 heterocycles. The number of carbonyl (C=O) groups excluding carboxylic acids is 3. The summed E-state index contributed by atoms with van der Waals surface area (Å²) in [6.07, 6.45) is -0.107. The Balaban J connectivity index is 1.91. The molecule has 0 unspecified atom stereocenters. The summed E-state index contributed by atoms with van der Waals surface area (Å²) in [6, 6.07) is 8.22. The molecule has 1 aromatic carbocycles. The fourth-order valence-electron chi connectivity index (χ4n) is 4.89. The molecule has 0 bridgehead atoms. The lowest BCUT2D eigenvalue weighted by atomic mass is 9.71. The second kappa shape index (κ2) is 10.1. The first kappa shape index (κ1) is 25.6. The number of carboxylic acids is 1. The number of rotatable bonds is 8. The Morgan fingerprint density at radius 3 is 2.53 bits per heavy atom. The summed E-state index contributed by atoms with van der Waals surface area (Å²) in [7, 11) is 0. The topological polar surface area (TPSA) is 116 Å². The maximum Gasteiger partial charge on any atom is 0.332 e. The molecule has 2 aliphatic heterocycles. The van der Waals surface area contributed by atoms with Crippen molar-refractivity contribution in [1.82, 2.24) is 15.3 Å². The zero-order valence-corrected chi connectivity index (χ0v) is 20.2. The molecule has 0 aliphatic carbocycles. The highest BCUT2D eigenvalue weighted by molar-refractivity contribution is 5.95. The third kappa shape index (κ3) is 4.64. The van der Waals surface area contributed by atoms with Crippen molar-refractivity contribution >= 4 is 29.3 Å². The van der Waals surface area contributed by atoms with Gasteiger partial charge in [0.05, 0.1) is 6.04 Å². The second-order valence-corrected chi connectivity index (χ2v) is 9.69. The van der Waals surface area contributed by atoms with Crippen LogP contribution in [0.1, 0.15) is 58.9 Å². The van der Waals surface area contributed by atoms with E-state index in [9.17, 15) is 24.3 Å². The van der Waals surface area contributed by atoms with Gasteiger partial charge >= 0.3 is 5.97 Å². The van der Waals surface area contributed by atoms with Crippen molar-refractivity contribution in [2.24, 2.45) is 5.41 Å². The van der Waals surface area contributed by atoms with Crippen LogP contribution in [0.3, 0.4) is 0 Å². The monoisotopic (exact) mass is 471 g/mol. The Hall–Kier alpha value is -3.00. The summed E-state index contributed by atoms with van der Waals surface area (Å²) in [5, 5.41) is 15.9. The quantitative estimate of drug-likeness (QED) is 0.441. The molecule has 9 nitrogen and oxygen atoms in total. The Kier molecular flexibility index (Phi) is 7.60. The first-order chi connectivity index (χ1) is 16.1. The minimum absolute atomic E-state index is 0.0909. The summed E-state index contributed by atoms with van der Waals surface area (Å²) in [5.41, 5.74) is -1.28.